The molecule has 0 saturated heterocycles. The molecule has 0 aromatic heterocycles. The zero-order valence-electron chi connectivity index (χ0n) is 19.8. The van der Waals surface area contributed by atoms with Crippen LogP contribution in [0.1, 0.15) is 22.3 Å². The molecular weight excluding hydrogens is 456 g/mol. The maximum atomic E-state index is 6.24. The molecule has 2 aliphatic carbocycles. The van der Waals surface area contributed by atoms with Crippen molar-refractivity contribution in [3.63, 3.8) is 0 Å². The first-order chi connectivity index (χ1) is 17.7. The highest BCUT2D eigenvalue weighted by atomic mass is 35.5. The van der Waals surface area contributed by atoms with Gasteiger partial charge in [-0.2, -0.15) is 0 Å². The molecule has 0 saturated carbocycles. The second-order valence-corrected chi connectivity index (χ2v) is 9.91. The first kappa shape index (κ1) is 21.2. The largest absolute Gasteiger partial charge is 0.0987 e. The SMILES string of the molecule is C=CC1=C(C=C)C2(c3ccccc3-c3c(-c4ccc(Cl)cc4)cccc32)c2ccc3ccccc3c21. The van der Waals surface area contributed by atoms with Gasteiger partial charge in [0.2, 0.25) is 0 Å². The summed E-state index contributed by atoms with van der Waals surface area (Å²) in [4.78, 5) is 0. The number of fused-ring (bicyclic) bond motifs is 9. The molecule has 1 atom stereocenters. The van der Waals surface area contributed by atoms with Gasteiger partial charge in [-0.3, -0.25) is 0 Å². The first-order valence-corrected chi connectivity index (χ1v) is 12.6. The fraction of sp³-hybridized carbons (Fsp3) is 0.0286. The number of rotatable bonds is 3. The summed E-state index contributed by atoms with van der Waals surface area (Å²) in [6.45, 7) is 8.61. The predicted molar refractivity (Wildman–Crippen MR) is 153 cm³/mol. The van der Waals surface area contributed by atoms with Gasteiger partial charge in [0, 0.05) is 5.02 Å². The van der Waals surface area contributed by atoms with Crippen LogP contribution in [0, 0.1) is 0 Å². The Bertz CT molecular complexity index is 1770. The van der Waals surface area contributed by atoms with E-state index in [-0.39, 0.29) is 0 Å². The van der Waals surface area contributed by atoms with E-state index in [4.69, 9.17) is 11.6 Å². The fourth-order valence-electron chi connectivity index (χ4n) is 6.61. The quantitative estimate of drug-likeness (QED) is 0.242. The van der Waals surface area contributed by atoms with Crippen LogP contribution in [-0.2, 0) is 5.41 Å². The van der Waals surface area contributed by atoms with E-state index >= 15 is 0 Å². The molecule has 7 rings (SSSR count). The van der Waals surface area contributed by atoms with Gasteiger partial charge >= 0.3 is 0 Å². The van der Waals surface area contributed by atoms with E-state index in [9.17, 15) is 0 Å². The molecule has 1 heteroatoms. The van der Waals surface area contributed by atoms with Crippen LogP contribution in [0.25, 0.3) is 38.6 Å². The topological polar surface area (TPSA) is 0 Å². The number of benzene rings is 5. The van der Waals surface area contributed by atoms with Crippen LogP contribution in [0.2, 0.25) is 5.02 Å². The van der Waals surface area contributed by atoms with Gasteiger partial charge in [-0.25, -0.2) is 0 Å². The van der Waals surface area contributed by atoms with Crippen LogP contribution < -0.4 is 0 Å². The van der Waals surface area contributed by atoms with Crippen molar-refractivity contribution < 1.29 is 0 Å². The minimum atomic E-state index is -0.445. The van der Waals surface area contributed by atoms with Crippen LogP contribution in [0.15, 0.2) is 134 Å². The summed E-state index contributed by atoms with van der Waals surface area (Å²) < 4.78 is 0. The van der Waals surface area contributed by atoms with E-state index in [2.05, 4.69) is 104 Å². The van der Waals surface area contributed by atoms with E-state index in [0.29, 0.717) is 0 Å². The van der Waals surface area contributed by atoms with Gasteiger partial charge in [-0.1, -0.05) is 128 Å². The molecule has 5 aromatic rings. The highest BCUT2D eigenvalue weighted by Crippen LogP contribution is 2.64. The Balaban J connectivity index is 1.67. The van der Waals surface area contributed by atoms with Crippen LogP contribution in [-0.4, -0.2) is 0 Å². The molecular formula is C35H23Cl. The summed E-state index contributed by atoms with van der Waals surface area (Å²) in [7, 11) is 0. The summed E-state index contributed by atoms with van der Waals surface area (Å²) in [5, 5.41) is 3.23. The van der Waals surface area contributed by atoms with Gasteiger partial charge in [-0.15, -0.1) is 0 Å². The lowest BCUT2D eigenvalue weighted by Gasteiger charge is -2.31. The van der Waals surface area contributed by atoms with Gasteiger partial charge in [0.05, 0.1) is 5.41 Å². The van der Waals surface area contributed by atoms with Gasteiger partial charge in [0.1, 0.15) is 0 Å². The minimum Gasteiger partial charge on any atom is -0.0987 e. The van der Waals surface area contributed by atoms with E-state index in [1.807, 2.05) is 24.3 Å². The molecule has 5 aromatic carbocycles. The summed E-state index contributed by atoms with van der Waals surface area (Å²) in [6.07, 6.45) is 4.06. The van der Waals surface area contributed by atoms with E-state index in [1.165, 1.54) is 55.3 Å². The van der Waals surface area contributed by atoms with E-state index in [0.717, 1.165) is 16.2 Å². The number of hydrogen-bond donors (Lipinski definition) is 0. The van der Waals surface area contributed by atoms with Crippen molar-refractivity contribution in [2.45, 2.75) is 5.41 Å². The van der Waals surface area contributed by atoms with Crippen LogP contribution in [0.4, 0.5) is 0 Å². The van der Waals surface area contributed by atoms with Gasteiger partial charge in [0.15, 0.2) is 0 Å². The number of halogens is 1. The molecule has 36 heavy (non-hydrogen) atoms. The summed E-state index contributed by atoms with van der Waals surface area (Å²) in [6, 6.07) is 36.9. The average Bonchev–Trinajstić information content (AvgIpc) is 3.40. The molecule has 0 amide bonds. The zero-order valence-corrected chi connectivity index (χ0v) is 20.5. The molecule has 0 N–H and O–H groups in total. The Morgan fingerprint density at radius 1 is 0.583 bits per heavy atom. The Hall–Kier alpha value is -4.13. The fourth-order valence-corrected chi connectivity index (χ4v) is 6.74. The highest BCUT2D eigenvalue weighted by molar-refractivity contribution is 6.30. The van der Waals surface area contributed by atoms with E-state index in [1.54, 1.807) is 0 Å². The third kappa shape index (κ3) is 2.55. The van der Waals surface area contributed by atoms with Crippen molar-refractivity contribution in [1.82, 2.24) is 0 Å². The monoisotopic (exact) mass is 478 g/mol. The lowest BCUT2D eigenvalue weighted by Crippen LogP contribution is -2.26. The van der Waals surface area contributed by atoms with Crippen molar-refractivity contribution in [3.8, 4) is 22.3 Å². The highest BCUT2D eigenvalue weighted by Gasteiger charge is 2.52. The Morgan fingerprint density at radius 2 is 1.28 bits per heavy atom. The minimum absolute atomic E-state index is 0.445. The molecule has 0 nitrogen and oxygen atoms in total. The lowest BCUT2D eigenvalue weighted by atomic mass is 9.69. The second kappa shape index (κ2) is 7.68. The number of hydrogen-bond acceptors (Lipinski definition) is 0. The van der Waals surface area contributed by atoms with Crippen molar-refractivity contribution in [2.24, 2.45) is 0 Å². The molecule has 0 fully saturated rings. The first-order valence-electron chi connectivity index (χ1n) is 12.2. The van der Waals surface area contributed by atoms with Crippen molar-refractivity contribution in [2.75, 3.05) is 0 Å². The smallest absolute Gasteiger partial charge is 0.0725 e. The predicted octanol–water partition coefficient (Wildman–Crippen LogP) is 9.61. The van der Waals surface area contributed by atoms with Gasteiger partial charge in [0.25, 0.3) is 0 Å². The van der Waals surface area contributed by atoms with Crippen LogP contribution in [0.3, 0.4) is 0 Å². The Labute approximate surface area is 216 Å². The maximum absolute atomic E-state index is 6.24. The van der Waals surface area contributed by atoms with Gasteiger partial charge in [-0.05, 0) is 78.6 Å². The normalized spacial score (nSPS) is 17.2. The lowest BCUT2D eigenvalue weighted by molar-refractivity contribution is 0.788. The zero-order chi connectivity index (χ0) is 24.4. The molecule has 0 bridgehead atoms. The van der Waals surface area contributed by atoms with Gasteiger partial charge < -0.3 is 0 Å². The third-order valence-corrected chi connectivity index (χ3v) is 8.18. The molecule has 1 spiro atoms. The van der Waals surface area contributed by atoms with Crippen molar-refractivity contribution in [3.05, 3.63) is 161 Å². The maximum Gasteiger partial charge on any atom is 0.0725 e. The average molecular weight is 479 g/mol. The second-order valence-electron chi connectivity index (χ2n) is 9.48. The molecule has 1 unspecified atom stereocenters. The van der Waals surface area contributed by atoms with Crippen LogP contribution in [0.5, 0.6) is 0 Å². The molecule has 170 valence electrons. The Kier molecular flexibility index (Phi) is 4.52. The third-order valence-electron chi connectivity index (χ3n) is 7.93. The van der Waals surface area contributed by atoms with Crippen LogP contribution >= 0.6 is 11.6 Å². The standard InChI is InChI=1S/C35H23Cl/c1-3-25-29(4-2)35(32-21-18-22-10-5-6-11-26(22)33(25)32)30-14-8-7-12-28(30)34-27(13-9-15-31(34)35)23-16-19-24(36)20-17-23/h3-21H,1-2H2. The van der Waals surface area contributed by atoms with Crippen molar-refractivity contribution in [1.29, 1.82) is 0 Å². The number of allylic oxidation sites excluding steroid dienone is 4. The molecule has 2 aliphatic rings. The van der Waals surface area contributed by atoms with E-state index < -0.39 is 5.41 Å². The van der Waals surface area contributed by atoms with Crippen molar-refractivity contribution >= 4 is 27.9 Å². The summed E-state index contributed by atoms with van der Waals surface area (Å²) in [5.74, 6) is 0. The molecule has 0 heterocycles. The Morgan fingerprint density at radius 3 is 2.08 bits per heavy atom. The molecule has 0 aliphatic heterocycles. The summed E-state index contributed by atoms with van der Waals surface area (Å²) in [5.41, 5.74) is 12.0. The summed E-state index contributed by atoms with van der Waals surface area (Å²) >= 11 is 6.24. The molecule has 0 radical (unpaired) electrons.